The van der Waals surface area contributed by atoms with Crippen molar-refractivity contribution in [2.24, 2.45) is 0 Å². The minimum atomic E-state index is -4.70. The first-order chi connectivity index (χ1) is 17.5. The van der Waals surface area contributed by atoms with Crippen molar-refractivity contribution < 1.29 is 18.8 Å². The van der Waals surface area contributed by atoms with Gasteiger partial charge in [-0.2, -0.15) is 0 Å². The molecule has 4 aromatic carbocycles. The van der Waals surface area contributed by atoms with Crippen molar-refractivity contribution in [2.45, 2.75) is 68.4 Å². The van der Waals surface area contributed by atoms with Gasteiger partial charge >= 0.3 is 228 Å². The molecule has 0 amide bonds. The Bertz CT molecular complexity index is 1170. The van der Waals surface area contributed by atoms with Crippen molar-refractivity contribution in [3.05, 3.63) is 138 Å². The summed E-state index contributed by atoms with van der Waals surface area (Å²) in [5.41, 5.74) is 4.35. The van der Waals surface area contributed by atoms with E-state index in [1.54, 1.807) is 3.27 Å². The molecule has 1 heteroatoms. The average Bonchev–Trinajstić information content (AvgIpc) is 2.91. The van der Waals surface area contributed by atoms with Gasteiger partial charge in [-0.15, -0.1) is 0 Å². The molecule has 4 aromatic rings. The summed E-state index contributed by atoms with van der Waals surface area (Å²) in [7, 11) is 0. The van der Waals surface area contributed by atoms with Crippen molar-refractivity contribution in [2.75, 3.05) is 0 Å². The average molecular weight is 569 g/mol. The molecule has 0 aliphatic rings. The number of benzene rings is 4. The van der Waals surface area contributed by atoms with Crippen LogP contribution in [0.4, 0.5) is 0 Å². The molecule has 0 heterocycles. The predicted molar refractivity (Wildman–Crippen MR) is 160 cm³/mol. The van der Waals surface area contributed by atoms with Crippen LogP contribution in [-0.4, -0.2) is 0 Å². The Morgan fingerprint density at radius 1 is 0.405 bits per heavy atom. The van der Waals surface area contributed by atoms with Crippen LogP contribution < -0.4 is 3.27 Å². The maximum atomic E-state index is 2.59. The molecule has 0 N–H and O–H groups in total. The van der Waals surface area contributed by atoms with Gasteiger partial charge in [0.25, 0.3) is 0 Å². The van der Waals surface area contributed by atoms with E-state index >= 15 is 0 Å². The van der Waals surface area contributed by atoms with E-state index < -0.39 is 18.8 Å². The van der Waals surface area contributed by atoms with Crippen LogP contribution in [0.1, 0.15) is 72.1 Å². The Hall–Kier alpha value is -2.24. The molecule has 193 valence electrons. The number of hydrogen-bond acceptors (Lipinski definition) is 0. The molecule has 0 saturated heterocycles. The van der Waals surface area contributed by atoms with E-state index in [2.05, 4.69) is 177 Å². The van der Waals surface area contributed by atoms with Crippen LogP contribution in [0.5, 0.6) is 0 Å². The topological polar surface area (TPSA) is 0 Å². The zero-order valence-electron chi connectivity index (χ0n) is 24.1. The third kappa shape index (κ3) is 3.42. The zero-order chi connectivity index (χ0) is 27.0. The van der Waals surface area contributed by atoms with Crippen molar-refractivity contribution in [3.63, 3.8) is 0 Å². The number of hydrogen-bond donors (Lipinski definition) is 0. The SMILES string of the molecule is C[CH](C)[Zr]([c]1ccccc1)([C](C)(C)c1ccccc1)([C](C)(C)c1ccccc1)[C](C)(C)c1ccccc1. The summed E-state index contributed by atoms with van der Waals surface area (Å²) in [6, 6.07) is 46.0. The Morgan fingerprint density at radius 3 is 0.892 bits per heavy atom. The van der Waals surface area contributed by atoms with Crippen LogP contribution in [0.3, 0.4) is 0 Å². The molecular formula is C36H45Zr. The van der Waals surface area contributed by atoms with E-state index in [1.165, 1.54) is 16.7 Å². The Kier molecular flexibility index (Phi) is 7.37. The van der Waals surface area contributed by atoms with Crippen molar-refractivity contribution in [1.29, 1.82) is 0 Å². The summed E-state index contributed by atoms with van der Waals surface area (Å²) >= 11 is -4.70. The van der Waals surface area contributed by atoms with Crippen LogP contribution in [0, 0.1) is 0 Å². The summed E-state index contributed by atoms with van der Waals surface area (Å²) in [6.07, 6.45) is 0. The van der Waals surface area contributed by atoms with Crippen LogP contribution >= 0.6 is 0 Å². The molecular weight excluding hydrogens is 524 g/mol. The molecule has 0 atom stereocenters. The fourth-order valence-corrected chi connectivity index (χ4v) is 47.1. The summed E-state index contributed by atoms with van der Waals surface area (Å²) < 4.78 is 1.80. The minimum absolute atomic E-state index is 0.0865. The van der Waals surface area contributed by atoms with Crippen molar-refractivity contribution in [1.82, 2.24) is 0 Å². The maximum absolute atomic E-state index is 4.70. The molecule has 0 aliphatic heterocycles. The van der Waals surface area contributed by atoms with Crippen LogP contribution in [0.2, 0.25) is 3.63 Å². The van der Waals surface area contributed by atoms with Gasteiger partial charge in [-0.25, -0.2) is 0 Å². The molecule has 0 fully saturated rings. The molecule has 4 rings (SSSR count). The van der Waals surface area contributed by atoms with Crippen LogP contribution in [-0.2, 0) is 28.2 Å². The van der Waals surface area contributed by atoms with Gasteiger partial charge in [0.1, 0.15) is 0 Å². The molecule has 0 radical (unpaired) electrons. The summed E-state index contributed by atoms with van der Waals surface area (Å²) in [6.45, 7) is 20.7. The predicted octanol–water partition coefficient (Wildman–Crippen LogP) is 9.64. The molecule has 0 saturated carbocycles. The van der Waals surface area contributed by atoms with Crippen LogP contribution in [0.25, 0.3) is 0 Å². The molecule has 0 nitrogen and oxygen atoms in total. The summed E-state index contributed by atoms with van der Waals surface area (Å²) in [5, 5.41) is 0. The standard InChI is InChI=1S/3C9H11.C6H5.C3H7.Zr/c3*1-8(2)9-6-4-3-5-7-9;1-2-4-6-5-3-1;1-3-2;/h3*3-7H,1-2H3;1-5H;3H,1-2H3;. The fourth-order valence-electron chi connectivity index (χ4n) is 10.2. The second-order valence-electron chi connectivity index (χ2n) is 12.8. The van der Waals surface area contributed by atoms with Gasteiger partial charge in [-0.05, 0) is 0 Å². The Morgan fingerprint density at radius 2 is 0.649 bits per heavy atom. The van der Waals surface area contributed by atoms with E-state index in [0.29, 0.717) is 3.63 Å². The molecule has 0 aliphatic carbocycles. The third-order valence-electron chi connectivity index (χ3n) is 10.9. The van der Waals surface area contributed by atoms with Gasteiger partial charge in [0, 0.05) is 0 Å². The second kappa shape index (κ2) is 9.82. The first kappa shape index (κ1) is 27.8. The quantitative estimate of drug-likeness (QED) is 0.198. The van der Waals surface area contributed by atoms with Gasteiger partial charge in [-0.1, -0.05) is 0 Å². The Labute approximate surface area is 227 Å². The molecule has 0 bridgehead atoms. The second-order valence-corrected chi connectivity index (χ2v) is 32.8. The molecule has 37 heavy (non-hydrogen) atoms. The molecule has 0 spiro atoms. The van der Waals surface area contributed by atoms with Crippen molar-refractivity contribution in [3.8, 4) is 0 Å². The third-order valence-corrected chi connectivity index (χ3v) is 41.6. The zero-order valence-corrected chi connectivity index (χ0v) is 26.6. The van der Waals surface area contributed by atoms with E-state index in [1.807, 2.05) is 0 Å². The first-order valence-electron chi connectivity index (χ1n) is 13.8. The van der Waals surface area contributed by atoms with Gasteiger partial charge in [0.2, 0.25) is 0 Å². The van der Waals surface area contributed by atoms with Crippen molar-refractivity contribution >= 4 is 3.27 Å². The van der Waals surface area contributed by atoms with E-state index in [9.17, 15) is 0 Å². The monoisotopic (exact) mass is 567 g/mol. The Balaban J connectivity index is 2.39. The first-order valence-corrected chi connectivity index (χ1v) is 20.2. The summed E-state index contributed by atoms with van der Waals surface area (Å²) in [5.74, 6) is 0. The van der Waals surface area contributed by atoms with Gasteiger partial charge in [0.15, 0.2) is 0 Å². The van der Waals surface area contributed by atoms with Gasteiger partial charge in [-0.3, -0.25) is 0 Å². The fraction of sp³-hybridized carbons (Fsp3) is 0.333. The van der Waals surface area contributed by atoms with Crippen LogP contribution in [0.15, 0.2) is 121 Å². The van der Waals surface area contributed by atoms with Gasteiger partial charge in [0.05, 0.1) is 0 Å². The van der Waals surface area contributed by atoms with E-state index in [-0.39, 0.29) is 9.37 Å². The van der Waals surface area contributed by atoms with Gasteiger partial charge < -0.3 is 0 Å². The number of rotatable bonds is 8. The van der Waals surface area contributed by atoms with E-state index in [4.69, 9.17) is 0 Å². The van der Waals surface area contributed by atoms with E-state index in [0.717, 1.165) is 0 Å². The normalized spacial score (nSPS) is 14.2. The summed E-state index contributed by atoms with van der Waals surface area (Å²) in [4.78, 5) is 0. The molecule has 0 unspecified atom stereocenters. The molecule has 0 aromatic heterocycles.